The van der Waals surface area contributed by atoms with Crippen LogP contribution in [0.15, 0.2) is 42.5 Å². The predicted molar refractivity (Wildman–Crippen MR) is 81.7 cm³/mol. The average Bonchev–Trinajstić information content (AvgIpc) is 2.41. The Morgan fingerprint density at radius 2 is 1.80 bits per heavy atom. The summed E-state index contributed by atoms with van der Waals surface area (Å²) in [6, 6.07) is 12.7. The highest BCUT2D eigenvalue weighted by Crippen LogP contribution is 2.30. The van der Waals surface area contributed by atoms with E-state index in [1.165, 1.54) is 0 Å². The van der Waals surface area contributed by atoms with E-state index in [0.29, 0.717) is 22.0 Å². The fourth-order valence-corrected chi connectivity index (χ4v) is 2.50. The van der Waals surface area contributed by atoms with Gasteiger partial charge in [0.15, 0.2) is 0 Å². The first-order chi connectivity index (χ1) is 9.47. The Bertz CT molecular complexity index is 621. The minimum Gasteiger partial charge on any atom is -0.481 e. The van der Waals surface area contributed by atoms with E-state index in [1.54, 1.807) is 18.2 Å². The lowest BCUT2D eigenvalue weighted by Gasteiger charge is -2.15. The summed E-state index contributed by atoms with van der Waals surface area (Å²) in [6.45, 7) is 1.99. The molecule has 0 fully saturated rings. The van der Waals surface area contributed by atoms with Crippen LogP contribution in [0.4, 0.5) is 0 Å². The summed E-state index contributed by atoms with van der Waals surface area (Å²) in [4.78, 5) is 11.5. The summed E-state index contributed by atoms with van der Waals surface area (Å²) in [5.41, 5.74) is 2.65. The molecule has 0 aliphatic rings. The third-order valence-corrected chi connectivity index (χ3v) is 3.77. The van der Waals surface area contributed by atoms with Crippen LogP contribution in [0.1, 0.15) is 22.6 Å². The summed E-state index contributed by atoms with van der Waals surface area (Å²) in [7, 11) is 0. The molecule has 0 saturated carbocycles. The molecule has 2 aromatic rings. The van der Waals surface area contributed by atoms with E-state index in [0.717, 1.165) is 11.1 Å². The van der Waals surface area contributed by atoms with E-state index < -0.39 is 11.9 Å². The van der Waals surface area contributed by atoms with Crippen LogP contribution in [-0.4, -0.2) is 11.1 Å². The molecular weight excluding hydrogens is 295 g/mol. The SMILES string of the molecule is Cc1ccc(CC(C(=O)O)c2cc(Cl)ccc2Cl)cc1. The zero-order valence-corrected chi connectivity index (χ0v) is 12.4. The van der Waals surface area contributed by atoms with Crippen molar-refractivity contribution in [2.24, 2.45) is 0 Å². The zero-order valence-electron chi connectivity index (χ0n) is 10.9. The Balaban J connectivity index is 2.34. The van der Waals surface area contributed by atoms with Gasteiger partial charge in [0.25, 0.3) is 0 Å². The van der Waals surface area contributed by atoms with Crippen molar-refractivity contribution >= 4 is 29.2 Å². The summed E-state index contributed by atoms with van der Waals surface area (Å²) < 4.78 is 0. The Morgan fingerprint density at radius 3 is 2.40 bits per heavy atom. The van der Waals surface area contributed by atoms with E-state index in [9.17, 15) is 9.90 Å². The van der Waals surface area contributed by atoms with Gasteiger partial charge >= 0.3 is 5.97 Å². The molecule has 1 N–H and O–H groups in total. The van der Waals surface area contributed by atoms with Gasteiger partial charge in [-0.1, -0.05) is 53.0 Å². The topological polar surface area (TPSA) is 37.3 Å². The van der Waals surface area contributed by atoms with Crippen LogP contribution in [-0.2, 0) is 11.2 Å². The summed E-state index contributed by atoms with van der Waals surface area (Å²) >= 11 is 12.0. The van der Waals surface area contributed by atoms with Crippen molar-refractivity contribution in [2.45, 2.75) is 19.3 Å². The molecule has 0 aliphatic carbocycles. The molecule has 2 rings (SSSR count). The summed E-state index contributed by atoms with van der Waals surface area (Å²) in [6.07, 6.45) is 0.385. The molecule has 0 amide bonds. The maximum Gasteiger partial charge on any atom is 0.311 e. The summed E-state index contributed by atoms with van der Waals surface area (Å²) in [5.74, 6) is -1.61. The number of halogens is 2. The number of benzene rings is 2. The number of carboxylic acid groups (broad SMARTS) is 1. The highest BCUT2D eigenvalue weighted by atomic mass is 35.5. The fourth-order valence-electron chi connectivity index (χ4n) is 2.07. The van der Waals surface area contributed by atoms with E-state index in [2.05, 4.69) is 0 Å². The second-order valence-corrected chi connectivity index (χ2v) is 5.59. The van der Waals surface area contributed by atoms with Gasteiger partial charge in [-0.3, -0.25) is 4.79 Å². The third-order valence-electron chi connectivity index (χ3n) is 3.19. The van der Waals surface area contributed by atoms with Gasteiger partial charge in [-0.25, -0.2) is 0 Å². The third kappa shape index (κ3) is 3.53. The van der Waals surface area contributed by atoms with Crippen molar-refractivity contribution in [1.82, 2.24) is 0 Å². The van der Waals surface area contributed by atoms with Gasteiger partial charge in [0, 0.05) is 10.0 Å². The normalized spacial score (nSPS) is 12.2. The molecule has 1 atom stereocenters. The number of carboxylic acids is 1. The van der Waals surface area contributed by atoms with Gasteiger partial charge in [0.05, 0.1) is 5.92 Å². The van der Waals surface area contributed by atoms with Crippen LogP contribution >= 0.6 is 23.2 Å². The molecule has 0 radical (unpaired) electrons. The van der Waals surface area contributed by atoms with Crippen molar-refractivity contribution in [3.8, 4) is 0 Å². The minimum atomic E-state index is -0.908. The molecule has 20 heavy (non-hydrogen) atoms. The lowest BCUT2D eigenvalue weighted by Crippen LogP contribution is -2.15. The fraction of sp³-hybridized carbons (Fsp3) is 0.188. The predicted octanol–water partition coefficient (Wildman–Crippen LogP) is 4.71. The van der Waals surface area contributed by atoms with E-state index in [4.69, 9.17) is 23.2 Å². The molecule has 4 heteroatoms. The van der Waals surface area contributed by atoms with Crippen LogP contribution in [0.3, 0.4) is 0 Å². The molecule has 0 aromatic heterocycles. The van der Waals surface area contributed by atoms with Crippen molar-refractivity contribution in [3.05, 3.63) is 69.2 Å². The highest BCUT2D eigenvalue weighted by Gasteiger charge is 2.23. The molecule has 0 spiro atoms. The second kappa shape index (κ2) is 6.29. The molecule has 0 bridgehead atoms. The number of carbonyl (C=O) groups is 1. The van der Waals surface area contributed by atoms with Gasteiger partial charge in [-0.05, 0) is 42.7 Å². The first-order valence-electron chi connectivity index (χ1n) is 6.20. The molecule has 2 aromatic carbocycles. The second-order valence-electron chi connectivity index (χ2n) is 4.75. The molecular formula is C16H14Cl2O2. The molecule has 1 unspecified atom stereocenters. The highest BCUT2D eigenvalue weighted by molar-refractivity contribution is 6.33. The molecule has 104 valence electrons. The Kier molecular flexibility index (Phi) is 4.69. The Hall–Kier alpha value is -1.51. The van der Waals surface area contributed by atoms with Crippen molar-refractivity contribution in [3.63, 3.8) is 0 Å². The van der Waals surface area contributed by atoms with Gasteiger partial charge in [-0.2, -0.15) is 0 Å². The van der Waals surface area contributed by atoms with Crippen molar-refractivity contribution in [2.75, 3.05) is 0 Å². The van der Waals surface area contributed by atoms with Gasteiger partial charge in [0.1, 0.15) is 0 Å². The van der Waals surface area contributed by atoms with E-state index >= 15 is 0 Å². The largest absolute Gasteiger partial charge is 0.481 e. The van der Waals surface area contributed by atoms with Crippen LogP contribution in [0.2, 0.25) is 10.0 Å². The standard InChI is InChI=1S/C16H14Cl2O2/c1-10-2-4-11(5-3-10)8-14(16(19)20)13-9-12(17)6-7-15(13)18/h2-7,9,14H,8H2,1H3,(H,19,20). The van der Waals surface area contributed by atoms with Gasteiger partial charge in [-0.15, -0.1) is 0 Å². The number of aliphatic carboxylic acids is 1. The first kappa shape index (κ1) is 14.9. The van der Waals surface area contributed by atoms with Crippen LogP contribution in [0.25, 0.3) is 0 Å². The number of aryl methyl sites for hydroxylation is 1. The summed E-state index contributed by atoms with van der Waals surface area (Å²) in [5, 5.41) is 10.4. The lowest BCUT2D eigenvalue weighted by atomic mass is 9.91. The van der Waals surface area contributed by atoms with Crippen molar-refractivity contribution in [1.29, 1.82) is 0 Å². The maximum absolute atomic E-state index is 11.5. The van der Waals surface area contributed by atoms with Crippen molar-refractivity contribution < 1.29 is 9.90 Å². The molecule has 0 heterocycles. The Morgan fingerprint density at radius 1 is 1.15 bits per heavy atom. The van der Waals surface area contributed by atoms with E-state index in [-0.39, 0.29) is 0 Å². The number of hydrogen-bond acceptors (Lipinski definition) is 1. The molecule has 2 nitrogen and oxygen atoms in total. The number of hydrogen-bond donors (Lipinski definition) is 1. The lowest BCUT2D eigenvalue weighted by molar-refractivity contribution is -0.138. The monoisotopic (exact) mass is 308 g/mol. The van der Waals surface area contributed by atoms with Crippen LogP contribution in [0, 0.1) is 6.92 Å². The van der Waals surface area contributed by atoms with Gasteiger partial charge < -0.3 is 5.11 Å². The maximum atomic E-state index is 11.5. The zero-order chi connectivity index (χ0) is 14.7. The number of rotatable bonds is 4. The molecule has 0 saturated heterocycles. The minimum absolute atomic E-state index is 0.385. The smallest absolute Gasteiger partial charge is 0.311 e. The first-order valence-corrected chi connectivity index (χ1v) is 6.96. The quantitative estimate of drug-likeness (QED) is 0.888. The molecule has 0 aliphatic heterocycles. The van der Waals surface area contributed by atoms with Gasteiger partial charge in [0.2, 0.25) is 0 Å². The van der Waals surface area contributed by atoms with Crippen LogP contribution < -0.4 is 0 Å². The van der Waals surface area contributed by atoms with E-state index in [1.807, 2.05) is 31.2 Å². The van der Waals surface area contributed by atoms with Crippen LogP contribution in [0.5, 0.6) is 0 Å². The Labute approximate surface area is 128 Å². The average molecular weight is 309 g/mol.